The molecule has 2 rings (SSSR count). The molecule has 0 radical (unpaired) electrons. The van der Waals surface area contributed by atoms with Gasteiger partial charge in [0.2, 0.25) is 5.91 Å². The van der Waals surface area contributed by atoms with Crippen LogP contribution in [-0.4, -0.2) is 22.9 Å². The number of hydrogen-bond acceptors (Lipinski definition) is 2. The van der Waals surface area contributed by atoms with Crippen LogP contribution in [0, 0.1) is 5.82 Å². The lowest BCUT2D eigenvalue weighted by Gasteiger charge is -2.37. The van der Waals surface area contributed by atoms with E-state index >= 15 is 0 Å². The summed E-state index contributed by atoms with van der Waals surface area (Å²) in [7, 11) is 0. The van der Waals surface area contributed by atoms with E-state index in [0.717, 1.165) is 12.8 Å². The molecule has 1 aliphatic heterocycles. The molecular formula is C15H20ClFN2O. The zero-order chi connectivity index (χ0) is 14.9. The van der Waals surface area contributed by atoms with Crippen LogP contribution in [0.15, 0.2) is 18.2 Å². The second kappa shape index (κ2) is 6.10. The highest BCUT2D eigenvalue weighted by atomic mass is 35.5. The quantitative estimate of drug-likeness (QED) is 0.911. The highest BCUT2D eigenvalue weighted by Crippen LogP contribution is 2.33. The fourth-order valence-corrected chi connectivity index (χ4v) is 3.13. The summed E-state index contributed by atoms with van der Waals surface area (Å²) in [6.07, 6.45) is 2.00. The first kappa shape index (κ1) is 15.3. The summed E-state index contributed by atoms with van der Waals surface area (Å²) in [6, 6.07) is 3.86. The number of carbonyl (C=O) groups is 1. The molecule has 0 bridgehead atoms. The van der Waals surface area contributed by atoms with Gasteiger partial charge in [0, 0.05) is 23.5 Å². The van der Waals surface area contributed by atoms with Crippen molar-refractivity contribution < 1.29 is 9.18 Å². The lowest BCUT2D eigenvalue weighted by Crippen LogP contribution is -2.45. The maximum absolute atomic E-state index is 13.6. The smallest absolute Gasteiger partial charge is 0.223 e. The summed E-state index contributed by atoms with van der Waals surface area (Å²) in [5.74, 6) is -0.335. The predicted octanol–water partition coefficient (Wildman–Crippen LogP) is 3.27. The van der Waals surface area contributed by atoms with Crippen LogP contribution in [0.3, 0.4) is 0 Å². The number of nitrogens with zero attached hydrogens (tertiary/aromatic N) is 1. The maximum atomic E-state index is 13.6. The Morgan fingerprint density at radius 3 is 2.70 bits per heavy atom. The minimum Gasteiger partial charge on any atom is -0.332 e. The first-order valence-electron chi connectivity index (χ1n) is 6.93. The molecule has 1 saturated heterocycles. The first-order valence-corrected chi connectivity index (χ1v) is 7.30. The van der Waals surface area contributed by atoms with Gasteiger partial charge in [0.15, 0.2) is 0 Å². The number of carbonyl (C=O) groups excluding carboxylic acids is 1. The minimum absolute atomic E-state index is 0.0127. The number of benzene rings is 1. The third kappa shape index (κ3) is 3.13. The van der Waals surface area contributed by atoms with E-state index in [0.29, 0.717) is 17.0 Å². The van der Waals surface area contributed by atoms with Crippen molar-refractivity contribution in [2.24, 2.45) is 5.73 Å². The topological polar surface area (TPSA) is 46.3 Å². The van der Waals surface area contributed by atoms with Gasteiger partial charge in [0.25, 0.3) is 0 Å². The van der Waals surface area contributed by atoms with Gasteiger partial charge in [-0.2, -0.15) is 0 Å². The molecule has 0 saturated carbocycles. The molecular weight excluding hydrogens is 279 g/mol. The summed E-state index contributed by atoms with van der Waals surface area (Å²) in [5, 5.41) is 0.326. The molecule has 5 heteroatoms. The zero-order valence-corrected chi connectivity index (χ0v) is 12.5. The summed E-state index contributed by atoms with van der Waals surface area (Å²) < 4.78 is 13.6. The van der Waals surface area contributed by atoms with E-state index in [1.165, 1.54) is 12.1 Å². The van der Waals surface area contributed by atoms with Gasteiger partial charge in [-0.1, -0.05) is 11.6 Å². The normalized spacial score (nSPS) is 24.1. The van der Waals surface area contributed by atoms with E-state index in [9.17, 15) is 9.18 Å². The fourth-order valence-electron chi connectivity index (χ4n) is 2.90. The number of rotatable bonds is 2. The number of nitrogens with two attached hydrogens (primary N) is 1. The molecule has 1 aromatic rings. The van der Waals surface area contributed by atoms with Crippen LogP contribution in [-0.2, 0) is 4.79 Å². The monoisotopic (exact) mass is 298 g/mol. The molecule has 110 valence electrons. The Kier molecular flexibility index (Phi) is 4.66. The Hall–Kier alpha value is -1.13. The minimum atomic E-state index is -0.403. The zero-order valence-electron chi connectivity index (χ0n) is 11.8. The van der Waals surface area contributed by atoms with Gasteiger partial charge in [-0.15, -0.1) is 0 Å². The number of halogens is 2. The van der Waals surface area contributed by atoms with Crippen LogP contribution in [0.1, 0.15) is 44.7 Å². The molecule has 20 heavy (non-hydrogen) atoms. The van der Waals surface area contributed by atoms with Gasteiger partial charge < -0.3 is 10.6 Å². The van der Waals surface area contributed by atoms with Crippen molar-refractivity contribution >= 4 is 17.5 Å². The van der Waals surface area contributed by atoms with Crippen LogP contribution in [0.5, 0.6) is 0 Å². The molecule has 0 spiro atoms. The molecule has 2 N–H and O–H groups in total. The molecule has 3 nitrogen and oxygen atoms in total. The van der Waals surface area contributed by atoms with Gasteiger partial charge in [-0.05, 0) is 50.5 Å². The van der Waals surface area contributed by atoms with Crippen molar-refractivity contribution in [2.75, 3.05) is 0 Å². The van der Waals surface area contributed by atoms with Gasteiger partial charge in [0.1, 0.15) is 5.82 Å². The standard InChI is InChI=1S/C15H20ClFN2O/c1-9(2)19-14(20)5-3-4-13(18)15(19)10-6-11(16)8-12(17)7-10/h6-9,13,15H,3-5,18H2,1-2H3. The second-order valence-electron chi connectivity index (χ2n) is 5.60. The number of hydrogen-bond donors (Lipinski definition) is 1. The van der Waals surface area contributed by atoms with E-state index in [1.54, 1.807) is 11.0 Å². The molecule has 0 aliphatic carbocycles. The van der Waals surface area contributed by atoms with E-state index < -0.39 is 5.82 Å². The average molecular weight is 299 g/mol. The molecule has 1 aromatic carbocycles. The van der Waals surface area contributed by atoms with Gasteiger partial charge in [-0.3, -0.25) is 4.79 Å². The molecule has 0 aromatic heterocycles. The lowest BCUT2D eigenvalue weighted by molar-refractivity contribution is -0.135. The molecule has 1 fully saturated rings. The molecule has 2 atom stereocenters. The van der Waals surface area contributed by atoms with Gasteiger partial charge in [-0.25, -0.2) is 4.39 Å². The molecule has 2 unspecified atom stereocenters. The van der Waals surface area contributed by atoms with E-state index in [-0.39, 0.29) is 24.0 Å². The predicted molar refractivity (Wildman–Crippen MR) is 78.0 cm³/mol. The Labute approximate surface area is 123 Å². The van der Waals surface area contributed by atoms with Gasteiger partial charge in [0.05, 0.1) is 6.04 Å². The Morgan fingerprint density at radius 2 is 2.10 bits per heavy atom. The van der Waals surface area contributed by atoms with Crippen LogP contribution in [0.2, 0.25) is 5.02 Å². The van der Waals surface area contributed by atoms with Crippen LogP contribution < -0.4 is 5.73 Å². The van der Waals surface area contributed by atoms with Crippen molar-refractivity contribution in [3.8, 4) is 0 Å². The second-order valence-corrected chi connectivity index (χ2v) is 6.03. The molecule has 1 heterocycles. The largest absolute Gasteiger partial charge is 0.332 e. The van der Waals surface area contributed by atoms with E-state index in [4.69, 9.17) is 17.3 Å². The Bertz CT molecular complexity index is 486. The van der Waals surface area contributed by atoms with E-state index in [1.807, 2.05) is 13.8 Å². The number of likely N-dealkylation sites (tertiary alicyclic amines) is 1. The Morgan fingerprint density at radius 1 is 1.40 bits per heavy atom. The summed E-state index contributed by atoms with van der Waals surface area (Å²) in [5.41, 5.74) is 6.91. The SMILES string of the molecule is CC(C)N1C(=O)CCCC(N)C1c1cc(F)cc(Cl)c1. The van der Waals surface area contributed by atoms with Gasteiger partial charge >= 0.3 is 0 Å². The van der Waals surface area contributed by atoms with Crippen LogP contribution in [0.4, 0.5) is 4.39 Å². The summed E-state index contributed by atoms with van der Waals surface area (Å²) in [4.78, 5) is 14.1. The van der Waals surface area contributed by atoms with Crippen molar-refractivity contribution in [3.63, 3.8) is 0 Å². The highest BCUT2D eigenvalue weighted by molar-refractivity contribution is 6.30. The van der Waals surface area contributed by atoms with E-state index in [2.05, 4.69) is 0 Å². The molecule has 1 amide bonds. The molecule has 1 aliphatic rings. The van der Waals surface area contributed by atoms with Crippen LogP contribution >= 0.6 is 11.6 Å². The van der Waals surface area contributed by atoms with Crippen molar-refractivity contribution in [2.45, 2.75) is 51.2 Å². The number of amides is 1. The lowest BCUT2D eigenvalue weighted by atomic mass is 9.95. The fraction of sp³-hybridized carbons (Fsp3) is 0.533. The first-order chi connectivity index (χ1) is 9.40. The highest BCUT2D eigenvalue weighted by Gasteiger charge is 2.34. The summed E-state index contributed by atoms with van der Waals surface area (Å²) >= 11 is 5.94. The average Bonchev–Trinajstić information content (AvgIpc) is 2.47. The van der Waals surface area contributed by atoms with Crippen molar-refractivity contribution in [1.82, 2.24) is 4.90 Å². The maximum Gasteiger partial charge on any atom is 0.223 e. The van der Waals surface area contributed by atoms with Crippen molar-refractivity contribution in [1.29, 1.82) is 0 Å². The Balaban J connectivity index is 2.48. The van der Waals surface area contributed by atoms with Crippen LogP contribution in [0.25, 0.3) is 0 Å². The van der Waals surface area contributed by atoms with Crippen molar-refractivity contribution in [3.05, 3.63) is 34.6 Å². The summed E-state index contributed by atoms with van der Waals surface area (Å²) in [6.45, 7) is 3.90. The third-order valence-corrected chi connectivity index (χ3v) is 3.92. The third-order valence-electron chi connectivity index (χ3n) is 3.70.